The van der Waals surface area contributed by atoms with Gasteiger partial charge in [-0.25, -0.2) is 5.73 Å². The molecule has 0 bridgehead atoms. The summed E-state index contributed by atoms with van der Waals surface area (Å²) in [6, 6.07) is 7.72. The summed E-state index contributed by atoms with van der Waals surface area (Å²) in [5.41, 5.74) is 6.80. The fraction of sp³-hybridized carbons (Fsp3) is 0.143. The van der Waals surface area contributed by atoms with E-state index in [0.717, 1.165) is 10.6 Å². The Morgan fingerprint density at radius 1 is 1.40 bits per heavy atom. The van der Waals surface area contributed by atoms with Crippen molar-refractivity contribution in [1.29, 1.82) is 0 Å². The van der Waals surface area contributed by atoms with E-state index in [1.54, 1.807) is 0 Å². The van der Waals surface area contributed by atoms with Crippen LogP contribution in [0.2, 0.25) is 0 Å². The fourth-order valence-corrected chi connectivity index (χ4v) is 1.67. The SMILES string of the molecule is [NH]C1Oc2ccccc2S1. The maximum atomic E-state index is 7.26. The lowest BCUT2D eigenvalue weighted by Gasteiger charge is -1.97. The van der Waals surface area contributed by atoms with Crippen LogP contribution in [0.1, 0.15) is 0 Å². The van der Waals surface area contributed by atoms with Crippen molar-refractivity contribution in [3.63, 3.8) is 0 Å². The molecule has 1 radical (unpaired) electrons. The smallest absolute Gasteiger partial charge is 0.215 e. The Morgan fingerprint density at radius 2 is 2.20 bits per heavy atom. The number of ether oxygens (including phenoxy) is 1. The number of para-hydroxylation sites is 1. The predicted octanol–water partition coefficient (Wildman–Crippen LogP) is 1.74. The maximum absolute atomic E-state index is 7.26. The van der Waals surface area contributed by atoms with Crippen LogP contribution in [0.25, 0.3) is 0 Å². The van der Waals surface area contributed by atoms with Crippen LogP contribution >= 0.6 is 11.8 Å². The molecule has 1 aromatic carbocycles. The Balaban J connectivity index is 2.42. The van der Waals surface area contributed by atoms with Crippen molar-refractivity contribution in [2.45, 2.75) is 10.5 Å². The van der Waals surface area contributed by atoms with E-state index in [4.69, 9.17) is 10.5 Å². The van der Waals surface area contributed by atoms with Gasteiger partial charge in [-0.3, -0.25) is 0 Å². The van der Waals surface area contributed by atoms with Gasteiger partial charge in [-0.05, 0) is 12.1 Å². The Morgan fingerprint density at radius 3 is 3.00 bits per heavy atom. The van der Waals surface area contributed by atoms with E-state index in [1.807, 2.05) is 24.3 Å². The molecule has 0 amide bonds. The molecule has 0 saturated carbocycles. The number of rotatable bonds is 0. The van der Waals surface area contributed by atoms with Crippen LogP contribution in [-0.2, 0) is 0 Å². The highest BCUT2D eigenvalue weighted by atomic mass is 32.2. The van der Waals surface area contributed by atoms with Gasteiger partial charge in [0.05, 0.1) is 4.90 Å². The lowest BCUT2D eigenvalue weighted by Crippen LogP contribution is -2.05. The van der Waals surface area contributed by atoms with Gasteiger partial charge in [-0.15, -0.1) is 0 Å². The van der Waals surface area contributed by atoms with Crippen LogP contribution in [0.4, 0.5) is 0 Å². The zero-order valence-corrected chi connectivity index (χ0v) is 6.02. The molecule has 1 aliphatic rings. The lowest BCUT2D eigenvalue weighted by molar-refractivity contribution is 0.296. The van der Waals surface area contributed by atoms with Crippen molar-refractivity contribution in [1.82, 2.24) is 5.73 Å². The monoisotopic (exact) mass is 152 g/mol. The van der Waals surface area contributed by atoms with E-state index in [9.17, 15) is 0 Å². The second-order valence-electron chi connectivity index (χ2n) is 2.01. The Labute approximate surface area is 63.4 Å². The molecule has 1 heterocycles. The van der Waals surface area contributed by atoms with Gasteiger partial charge < -0.3 is 4.74 Å². The van der Waals surface area contributed by atoms with Crippen molar-refractivity contribution in [2.24, 2.45) is 0 Å². The van der Waals surface area contributed by atoms with Crippen LogP contribution in [0, 0.1) is 0 Å². The first-order chi connectivity index (χ1) is 4.86. The normalized spacial score (nSPS) is 21.9. The summed E-state index contributed by atoms with van der Waals surface area (Å²) in [7, 11) is 0. The average molecular weight is 152 g/mol. The molecule has 1 unspecified atom stereocenters. The second kappa shape index (κ2) is 2.18. The molecular weight excluding hydrogens is 146 g/mol. The molecule has 0 saturated heterocycles. The zero-order valence-electron chi connectivity index (χ0n) is 5.20. The third-order valence-corrected chi connectivity index (χ3v) is 2.22. The predicted molar refractivity (Wildman–Crippen MR) is 39.8 cm³/mol. The number of fused-ring (bicyclic) bond motifs is 1. The van der Waals surface area contributed by atoms with Gasteiger partial charge in [0.1, 0.15) is 5.75 Å². The van der Waals surface area contributed by atoms with Crippen molar-refractivity contribution >= 4 is 11.8 Å². The third kappa shape index (κ3) is 0.874. The van der Waals surface area contributed by atoms with Crippen LogP contribution < -0.4 is 10.5 Å². The molecular formula is C7H6NOS. The molecule has 0 spiro atoms. The van der Waals surface area contributed by atoms with Gasteiger partial charge >= 0.3 is 0 Å². The minimum absolute atomic E-state index is 0.461. The van der Waals surface area contributed by atoms with E-state index in [1.165, 1.54) is 11.8 Å². The van der Waals surface area contributed by atoms with Crippen molar-refractivity contribution in [3.8, 4) is 5.75 Å². The third-order valence-electron chi connectivity index (χ3n) is 1.32. The number of nitrogens with one attached hydrogen (secondary N) is 1. The highest BCUT2D eigenvalue weighted by molar-refractivity contribution is 8.00. The molecule has 0 aromatic heterocycles. The first kappa shape index (κ1) is 6.07. The molecule has 10 heavy (non-hydrogen) atoms. The molecule has 1 atom stereocenters. The summed E-state index contributed by atoms with van der Waals surface area (Å²) in [6.07, 6.45) is 0. The highest BCUT2D eigenvalue weighted by Crippen LogP contribution is 2.38. The molecule has 1 N–H and O–H groups in total. The molecule has 2 rings (SSSR count). The minimum Gasteiger partial charge on any atom is -0.463 e. The summed E-state index contributed by atoms with van der Waals surface area (Å²) in [4.78, 5) is 1.07. The van der Waals surface area contributed by atoms with E-state index in [-0.39, 0.29) is 0 Å². The van der Waals surface area contributed by atoms with Gasteiger partial charge in [0.15, 0.2) is 0 Å². The highest BCUT2D eigenvalue weighted by Gasteiger charge is 2.18. The molecule has 3 heteroatoms. The number of hydrogen-bond acceptors (Lipinski definition) is 2. The van der Waals surface area contributed by atoms with Crippen LogP contribution in [0.3, 0.4) is 0 Å². The lowest BCUT2D eigenvalue weighted by atomic mass is 10.3. The van der Waals surface area contributed by atoms with E-state index in [2.05, 4.69) is 0 Å². The van der Waals surface area contributed by atoms with Crippen LogP contribution in [0.5, 0.6) is 5.75 Å². The molecule has 0 aliphatic carbocycles. The molecule has 2 nitrogen and oxygen atoms in total. The van der Waals surface area contributed by atoms with Crippen molar-refractivity contribution in [3.05, 3.63) is 24.3 Å². The van der Waals surface area contributed by atoms with Crippen LogP contribution in [0.15, 0.2) is 29.2 Å². The number of hydrogen-bond donors (Lipinski definition) is 0. The minimum atomic E-state index is -0.461. The Bertz CT molecular complexity index is 226. The fourth-order valence-electron chi connectivity index (χ4n) is 0.900. The summed E-state index contributed by atoms with van der Waals surface area (Å²) >= 11 is 1.44. The van der Waals surface area contributed by atoms with Gasteiger partial charge in [-0.2, -0.15) is 0 Å². The van der Waals surface area contributed by atoms with Crippen LogP contribution in [-0.4, -0.2) is 5.56 Å². The Hall–Kier alpha value is -0.670. The number of benzene rings is 1. The molecule has 0 fully saturated rings. The topological polar surface area (TPSA) is 33.0 Å². The van der Waals surface area contributed by atoms with Gasteiger partial charge in [0.2, 0.25) is 5.56 Å². The summed E-state index contributed by atoms with van der Waals surface area (Å²) < 4.78 is 5.14. The molecule has 1 aliphatic heterocycles. The summed E-state index contributed by atoms with van der Waals surface area (Å²) in [5.74, 6) is 0.840. The van der Waals surface area contributed by atoms with Crippen molar-refractivity contribution < 1.29 is 4.74 Å². The van der Waals surface area contributed by atoms with Crippen molar-refractivity contribution in [2.75, 3.05) is 0 Å². The molecule has 1 aromatic rings. The first-order valence-corrected chi connectivity index (χ1v) is 3.88. The Kier molecular flexibility index (Phi) is 1.32. The van der Waals surface area contributed by atoms with E-state index in [0.29, 0.717) is 0 Å². The van der Waals surface area contributed by atoms with E-state index >= 15 is 0 Å². The summed E-state index contributed by atoms with van der Waals surface area (Å²) in [5, 5.41) is 0. The van der Waals surface area contributed by atoms with Gasteiger partial charge in [0, 0.05) is 0 Å². The largest absolute Gasteiger partial charge is 0.463 e. The average Bonchev–Trinajstić information content (AvgIpc) is 2.27. The van der Waals surface area contributed by atoms with Gasteiger partial charge in [0.25, 0.3) is 0 Å². The maximum Gasteiger partial charge on any atom is 0.215 e. The second-order valence-corrected chi connectivity index (χ2v) is 3.12. The standard InChI is InChI=1S/C7H6NOS/c8-7-9-5-3-1-2-4-6(5)10-7/h1-4,7-8H. The number of thioether (sulfide) groups is 1. The van der Waals surface area contributed by atoms with E-state index < -0.39 is 5.56 Å². The molecule has 51 valence electrons. The zero-order chi connectivity index (χ0) is 6.97. The summed E-state index contributed by atoms with van der Waals surface area (Å²) in [6.45, 7) is 0. The van der Waals surface area contributed by atoms with Gasteiger partial charge in [-0.1, -0.05) is 23.9 Å². The quantitative estimate of drug-likeness (QED) is 0.567. The first-order valence-electron chi connectivity index (χ1n) is 3.00.